The van der Waals surface area contributed by atoms with Crippen molar-refractivity contribution < 1.29 is 13.2 Å². The van der Waals surface area contributed by atoms with Gasteiger partial charge in [-0.2, -0.15) is 0 Å². The zero-order valence-corrected chi connectivity index (χ0v) is 10.1. The van der Waals surface area contributed by atoms with E-state index in [4.69, 9.17) is 5.73 Å². The quantitative estimate of drug-likeness (QED) is 0.673. The molecular formula is C13H10F3NS. The van der Waals surface area contributed by atoms with Crippen LogP contribution in [0.3, 0.4) is 0 Å². The molecule has 2 aromatic carbocycles. The molecule has 0 bridgehead atoms. The Balaban J connectivity index is 2.09. The lowest BCUT2D eigenvalue weighted by Gasteiger charge is -2.05. The Morgan fingerprint density at radius 2 is 1.67 bits per heavy atom. The number of thioether (sulfide) groups is 1. The number of hydrogen-bond donors (Lipinski definition) is 1. The molecule has 0 aromatic heterocycles. The fourth-order valence-electron chi connectivity index (χ4n) is 1.41. The molecule has 0 unspecified atom stereocenters. The topological polar surface area (TPSA) is 26.0 Å². The SMILES string of the molecule is Nc1ccc(CSc2ccc(F)c(F)c2)c(F)c1. The average molecular weight is 269 g/mol. The van der Waals surface area contributed by atoms with Gasteiger partial charge in [0.05, 0.1) is 0 Å². The smallest absolute Gasteiger partial charge is 0.159 e. The molecule has 0 aliphatic heterocycles. The lowest BCUT2D eigenvalue weighted by molar-refractivity contribution is 0.506. The molecule has 0 spiro atoms. The summed E-state index contributed by atoms with van der Waals surface area (Å²) < 4.78 is 39.1. The van der Waals surface area contributed by atoms with Gasteiger partial charge >= 0.3 is 0 Å². The van der Waals surface area contributed by atoms with E-state index in [1.165, 1.54) is 23.9 Å². The molecule has 2 aromatic rings. The summed E-state index contributed by atoms with van der Waals surface area (Å²) in [5, 5.41) is 0. The first kappa shape index (κ1) is 12.8. The van der Waals surface area contributed by atoms with E-state index in [2.05, 4.69) is 0 Å². The number of anilines is 1. The molecule has 18 heavy (non-hydrogen) atoms. The number of nitrogens with two attached hydrogens (primary N) is 1. The second-order valence-corrected chi connectivity index (χ2v) is 4.76. The molecule has 94 valence electrons. The van der Waals surface area contributed by atoms with Gasteiger partial charge < -0.3 is 5.73 Å². The van der Waals surface area contributed by atoms with E-state index < -0.39 is 17.5 Å². The van der Waals surface area contributed by atoms with E-state index >= 15 is 0 Å². The van der Waals surface area contributed by atoms with Crippen molar-refractivity contribution in [2.75, 3.05) is 5.73 Å². The summed E-state index contributed by atoms with van der Waals surface area (Å²) in [6, 6.07) is 8.02. The fraction of sp³-hybridized carbons (Fsp3) is 0.0769. The van der Waals surface area contributed by atoms with Gasteiger partial charge in [0.15, 0.2) is 11.6 Å². The van der Waals surface area contributed by atoms with Gasteiger partial charge in [-0.05, 0) is 35.9 Å². The van der Waals surface area contributed by atoms with E-state index in [-0.39, 0.29) is 0 Å². The molecule has 0 aliphatic rings. The van der Waals surface area contributed by atoms with Gasteiger partial charge in [-0.15, -0.1) is 11.8 Å². The first-order valence-corrected chi connectivity index (χ1v) is 6.16. The fourth-order valence-corrected chi connectivity index (χ4v) is 2.32. The van der Waals surface area contributed by atoms with Crippen LogP contribution >= 0.6 is 11.8 Å². The van der Waals surface area contributed by atoms with Crippen molar-refractivity contribution in [3.05, 3.63) is 59.4 Å². The summed E-state index contributed by atoms with van der Waals surface area (Å²) >= 11 is 1.23. The molecular weight excluding hydrogens is 259 g/mol. The minimum atomic E-state index is -0.905. The lowest BCUT2D eigenvalue weighted by Crippen LogP contribution is -1.92. The van der Waals surface area contributed by atoms with Crippen molar-refractivity contribution in [2.45, 2.75) is 10.6 Å². The van der Waals surface area contributed by atoms with Gasteiger partial charge in [0, 0.05) is 16.3 Å². The molecule has 1 nitrogen and oxygen atoms in total. The molecule has 0 saturated heterocycles. The number of hydrogen-bond acceptors (Lipinski definition) is 2. The third-order valence-electron chi connectivity index (χ3n) is 2.36. The van der Waals surface area contributed by atoms with Crippen molar-refractivity contribution in [3.8, 4) is 0 Å². The second kappa shape index (κ2) is 5.35. The summed E-state index contributed by atoms with van der Waals surface area (Å²) in [6.07, 6.45) is 0. The Morgan fingerprint density at radius 3 is 2.33 bits per heavy atom. The second-order valence-electron chi connectivity index (χ2n) is 3.72. The minimum absolute atomic E-state index is 0.331. The first-order valence-electron chi connectivity index (χ1n) is 5.18. The number of benzene rings is 2. The Labute approximate surface area is 107 Å². The van der Waals surface area contributed by atoms with E-state index in [0.717, 1.165) is 12.1 Å². The highest BCUT2D eigenvalue weighted by molar-refractivity contribution is 7.98. The van der Waals surface area contributed by atoms with Crippen LogP contribution in [0, 0.1) is 17.5 Å². The van der Waals surface area contributed by atoms with Crippen LogP contribution in [0.2, 0.25) is 0 Å². The number of rotatable bonds is 3. The van der Waals surface area contributed by atoms with Gasteiger partial charge in [-0.25, -0.2) is 13.2 Å². The predicted octanol–water partition coefficient (Wildman–Crippen LogP) is 3.98. The van der Waals surface area contributed by atoms with Crippen molar-refractivity contribution in [2.24, 2.45) is 0 Å². The van der Waals surface area contributed by atoms with Crippen molar-refractivity contribution in [1.82, 2.24) is 0 Å². The lowest BCUT2D eigenvalue weighted by atomic mass is 10.2. The predicted molar refractivity (Wildman–Crippen MR) is 66.7 cm³/mol. The maximum atomic E-state index is 13.5. The van der Waals surface area contributed by atoms with E-state index in [0.29, 0.717) is 21.9 Å². The molecule has 0 heterocycles. The molecule has 2 N–H and O–H groups in total. The molecule has 0 fully saturated rings. The Hall–Kier alpha value is -1.62. The van der Waals surface area contributed by atoms with Gasteiger partial charge in [-0.1, -0.05) is 6.07 Å². The van der Waals surface area contributed by atoms with Crippen LogP contribution in [-0.2, 0) is 5.75 Å². The first-order chi connectivity index (χ1) is 8.56. The Morgan fingerprint density at radius 1 is 0.889 bits per heavy atom. The molecule has 0 saturated carbocycles. The van der Waals surface area contributed by atoms with Gasteiger partial charge in [0.25, 0.3) is 0 Å². The summed E-state index contributed by atoms with van der Waals surface area (Å²) in [7, 11) is 0. The molecule has 0 atom stereocenters. The Kier molecular flexibility index (Phi) is 3.81. The number of nitrogen functional groups attached to an aromatic ring is 1. The highest BCUT2D eigenvalue weighted by Crippen LogP contribution is 2.26. The van der Waals surface area contributed by atoms with Crippen molar-refractivity contribution in [3.63, 3.8) is 0 Å². The number of halogens is 3. The summed E-state index contributed by atoms with van der Waals surface area (Å²) in [5.41, 5.74) is 6.26. The molecule has 0 radical (unpaired) electrons. The van der Waals surface area contributed by atoms with Gasteiger partial charge in [-0.3, -0.25) is 0 Å². The zero-order valence-electron chi connectivity index (χ0n) is 9.29. The average Bonchev–Trinajstić information content (AvgIpc) is 2.32. The van der Waals surface area contributed by atoms with Crippen LogP contribution in [0.4, 0.5) is 18.9 Å². The zero-order chi connectivity index (χ0) is 13.1. The third kappa shape index (κ3) is 2.98. The Bertz CT molecular complexity index is 572. The third-order valence-corrected chi connectivity index (χ3v) is 3.41. The van der Waals surface area contributed by atoms with Crippen LogP contribution in [0.5, 0.6) is 0 Å². The highest BCUT2D eigenvalue weighted by Gasteiger charge is 2.06. The largest absolute Gasteiger partial charge is 0.399 e. The van der Waals surface area contributed by atoms with Crippen molar-refractivity contribution >= 4 is 17.4 Å². The molecule has 2 rings (SSSR count). The van der Waals surface area contributed by atoms with Gasteiger partial charge in [0.2, 0.25) is 0 Å². The summed E-state index contributed by atoms with van der Waals surface area (Å²) in [6.45, 7) is 0. The monoisotopic (exact) mass is 269 g/mol. The van der Waals surface area contributed by atoms with Crippen LogP contribution in [-0.4, -0.2) is 0 Å². The van der Waals surface area contributed by atoms with Crippen LogP contribution in [0.1, 0.15) is 5.56 Å². The molecule has 0 amide bonds. The summed E-state index contributed by atoms with van der Waals surface area (Å²) in [5.74, 6) is -1.86. The van der Waals surface area contributed by atoms with Crippen molar-refractivity contribution in [1.29, 1.82) is 0 Å². The normalized spacial score (nSPS) is 10.6. The van der Waals surface area contributed by atoms with E-state index in [9.17, 15) is 13.2 Å². The maximum Gasteiger partial charge on any atom is 0.159 e. The van der Waals surface area contributed by atoms with Gasteiger partial charge in [0.1, 0.15) is 5.82 Å². The molecule has 5 heteroatoms. The van der Waals surface area contributed by atoms with Crippen LogP contribution in [0.25, 0.3) is 0 Å². The minimum Gasteiger partial charge on any atom is -0.399 e. The van der Waals surface area contributed by atoms with Crippen LogP contribution in [0.15, 0.2) is 41.3 Å². The van der Waals surface area contributed by atoms with Crippen LogP contribution < -0.4 is 5.73 Å². The highest BCUT2D eigenvalue weighted by atomic mass is 32.2. The maximum absolute atomic E-state index is 13.5. The van der Waals surface area contributed by atoms with E-state index in [1.807, 2.05) is 0 Å². The van der Waals surface area contributed by atoms with E-state index in [1.54, 1.807) is 12.1 Å². The molecule has 0 aliphatic carbocycles. The standard InChI is InChI=1S/C13H10F3NS/c14-11-4-3-10(6-13(11)16)18-7-8-1-2-9(17)5-12(8)15/h1-6H,7,17H2. The summed E-state index contributed by atoms with van der Waals surface area (Å²) in [4.78, 5) is 0.546.